The van der Waals surface area contributed by atoms with Crippen LogP contribution in [-0.2, 0) is 9.53 Å². The fourth-order valence-corrected chi connectivity index (χ4v) is 5.51. The molecule has 0 fully saturated rings. The molecular weight excluding hydrogens is 595 g/mol. The van der Waals surface area contributed by atoms with E-state index in [1.807, 2.05) is 54.6 Å². The normalized spacial score (nSPS) is 15.6. The van der Waals surface area contributed by atoms with E-state index in [-0.39, 0.29) is 35.3 Å². The van der Waals surface area contributed by atoms with E-state index in [4.69, 9.17) is 9.47 Å². The number of nitrogens with zero attached hydrogens (tertiary/aromatic N) is 2. The smallest absolute Gasteiger partial charge is 0.338 e. The number of hydrogen-bond acceptors (Lipinski definition) is 8. The predicted molar refractivity (Wildman–Crippen MR) is 145 cm³/mol. The van der Waals surface area contributed by atoms with Crippen molar-refractivity contribution in [2.24, 2.45) is 4.99 Å². The van der Waals surface area contributed by atoms with Crippen molar-refractivity contribution in [2.45, 2.75) is 39.8 Å². The van der Waals surface area contributed by atoms with Gasteiger partial charge in [-0.2, -0.15) is 0 Å². The van der Waals surface area contributed by atoms with Crippen molar-refractivity contribution in [3.05, 3.63) is 82.1 Å². The second-order valence-corrected chi connectivity index (χ2v) is 10.5. The van der Waals surface area contributed by atoms with Gasteiger partial charge in [-0.25, -0.2) is 9.79 Å². The molecule has 2 N–H and O–H groups in total. The van der Waals surface area contributed by atoms with E-state index in [2.05, 4.69) is 4.99 Å². The van der Waals surface area contributed by atoms with Crippen LogP contribution in [0.5, 0.6) is 17.2 Å². The van der Waals surface area contributed by atoms with Gasteiger partial charge in [-0.05, 0) is 68.5 Å². The van der Waals surface area contributed by atoms with Gasteiger partial charge in [-0.15, -0.1) is 0 Å². The van der Waals surface area contributed by atoms with Gasteiger partial charge in [-0.1, -0.05) is 29.5 Å². The Bertz CT molecular complexity index is 1550. The summed E-state index contributed by atoms with van der Waals surface area (Å²) < 4.78 is 13.7. The molecule has 2 heterocycles. The number of aromatic nitrogens is 1. The first-order valence-electron chi connectivity index (χ1n) is 11.3. The van der Waals surface area contributed by atoms with Crippen LogP contribution < -0.4 is 19.6 Å². The summed E-state index contributed by atoms with van der Waals surface area (Å²) in [6.07, 6.45) is 1.43. The summed E-state index contributed by atoms with van der Waals surface area (Å²) in [5, 5.41) is 20.2. The van der Waals surface area contributed by atoms with Crippen molar-refractivity contribution >= 4 is 46.0 Å². The molecule has 8 nitrogen and oxygen atoms in total. The first-order valence-corrected chi connectivity index (χ1v) is 13.2. The number of halogens is 1. The number of phenolic OH excluding ortho intramolecular Hbond substituents is 2. The van der Waals surface area contributed by atoms with Crippen LogP contribution in [0.4, 0.5) is 0 Å². The molecule has 0 aliphatic carbocycles. The third kappa shape index (κ3) is 4.92. The molecule has 10 heteroatoms. The average molecular weight is 620 g/mol. The Morgan fingerprint density at radius 2 is 1.97 bits per heavy atom. The van der Waals surface area contributed by atoms with Crippen molar-refractivity contribution in [3.8, 4) is 17.2 Å². The van der Waals surface area contributed by atoms with Crippen LogP contribution in [0.1, 0.15) is 44.9 Å². The van der Waals surface area contributed by atoms with Crippen molar-refractivity contribution in [1.29, 1.82) is 0 Å². The molecule has 36 heavy (non-hydrogen) atoms. The van der Waals surface area contributed by atoms with Crippen LogP contribution in [0.3, 0.4) is 0 Å². The molecule has 0 amide bonds. The quantitative estimate of drug-likeness (QED) is 0.322. The number of aromatic hydroxyl groups is 2. The van der Waals surface area contributed by atoms with Gasteiger partial charge >= 0.3 is 5.97 Å². The molecule has 0 spiro atoms. The van der Waals surface area contributed by atoms with Crippen LogP contribution in [0.2, 0.25) is 0 Å². The molecule has 1 atom stereocenters. The molecule has 0 unspecified atom stereocenters. The van der Waals surface area contributed by atoms with Gasteiger partial charge in [0.1, 0.15) is 23.3 Å². The molecule has 3 aromatic rings. The van der Waals surface area contributed by atoms with Gasteiger partial charge in [0, 0.05) is 17.2 Å². The highest BCUT2D eigenvalue weighted by Gasteiger charge is 2.35. The zero-order valence-corrected chi connectivity index (χ0v) is 23.1. The van der Waals surface area contributed by atoms with Crippen molar-refractivity contribution in [1.82, 2.24) is 4.57 Å². The first kappa shape index (κ1) is 26.0. The number of hydrogen-bond donors (Lipinski definition) is 2. The number of thiazole rings is 1. The number of allylic oxidation sites excluding steroid dienone is 1. The molecule has 1 aromatic heterocycles. The highest BCUT2D eigenvalue weighted by molar-refractivity contribution is 14.1. The Labute approximate surface area is 225 Å². The van der Waals surface area contributed by atoms with Crippen molar-refractivity contribution < 1.29 is 24.5 Å². The van der Waals surface area contributed by atoms with Crippen LogP contribution in [0.15, 0.2) is 57.5 Å². The highest BCUT2D eigenvalue weighted by atomic mass is 127. The van der Waals surface area contributed by atoms with E-state index >= 15 is 0 Å². The zero-order valence-electron chi connectivity index (χ0n) is 20.1. The number of rotatable bonds is 6. The van der Waals surface area contributed by atoms with Gasteiger partial charge in [0.15, 0.2) is 4.80 Å². The molecule has 1 aliphatic heterocycles. The lowest BCUT2D eigenvalue weighted by Crippen LogP contribution is -2.40. The number of carbonyl (C=O) groups excluding carboxylic acids is 1. The number of fused-ring (bicyclic) bond motifs is 1. The number of phenols is 2. The molecule has 0 bridgehead atoms. The number of para-hydroxylation sites is 1. The third-order valence-electron chi connectivity index (χ3n) is 5.48. The van der Waals surface area contributed by atoms with E-state index in [1.165, 1.54) is 10.6 Å². The number of carbonyl (C=O) groups is 1. The standard InChI is InChI=1S/C26H25IN2O6S/c1-5-34-25(33)22-14(4)28-26-29(23(22)16-8-6-7-9-20(16)35-13(2)3)24(32)21(36-26)11-15-10-17(27)19(31)12-18(15)30/h6-13,23,30-31H,5H2,1-4H3/b21-11+/t23-/m1/s1. The van der Waals surface area contributed by atoms with E-state index in [1.54, 1.807) is 32.1 Å². The zero-order chi connectivity index (χ0) is 26.1. The summed E-state index contributed by atoms with van der Waals surface area (Å²) in [6.45, 7) is 7.42. The second-order valence-electron chi connectivity index (χ2n) is 8.37. The summed E-state index contributed by atoms with van der Waals surface area (Å²) in [5.41, 5.74) is 1.35. The van der Waals surface area contributed by atoms with Crippen LogP contribution in [0.25, 0.3) is 6.08 Å². The summed E-state index contributed by atoms with van der Waals surface area (Å²) in [7, 11) is 0. The highest BCUT2D eigenvalue weighted by Crippen LogP contribution is 2.36. The topological polar surface area (TPSA) is 110 Å². The molecule has 1 aliphatic rings. The first-order chi connectivity index (χ1) is 17.1. The summed E-state index contributed by atoms with van der Waals surface area (Å²) >= 11 is 3.10. The Morgan fingerprint density at radius 1 is 1.25 bits per heavy atom. The van der Waals surface area contributed by atoms with Gasteiger partial charge in [0.25, 0.3) is 5.56 Å². The molecule has 0 saturated carbocycles. The molecular formula is C26H25IN2O6S. The Hall–Kier alpha value is -3.12. The van der Waals surface area contributed by atoms with Crippen LogP contribution in [0, 0.1) is 3.57 Å². The fraction of sp³-hybridized carbons (Fsp3) is 0.269. The fourth-order valence-electron chi connectivity index (χ4n) is 3.98. The SMILES string of the molecule is CCOC(=O)C1=C(C)N=c2s/c(=C/c3cc(I)c(O)cc3O)c(=O)n2[C@@H]1c1ccccc1OC(C)C. The molecule has 4 rings (SSSR count). The Kier molecular flexibility index (Phi) is 7.55. The minimum atomic E-state index is -0.814. The van der Waals surface area contributed by atoms with E-state index in [0.29, 0.717) is 35.5 Å². The monoisotopic (exact) mass is 620 g/mol. The minimum Gasteiger partial charge on any atom is -0.507 e. The lowest BCUT2D eigenvalue weighted by Gasteiger charge is -2.26. The maximum absolute atomic E-state index is 13.8. The molecule has 2 aromatic carbocycles. The average Bonchev–Trinajstić information content (AvgIpc) is 3.11. The maximum atomic E-state index is 13.8. The minimum absolute atomic E-state index is 0.0526. The van der Waals surface area contributed by atoms with Crippen LogP contribution >= 0.6 is 33.9 Å². The van der Waals surface area contributed by atoms with Gasteiger partial charge in [-0.3, -0.25) is 9.36 Å². The summed E-state index contributed by atoms with van der Waals surface area (Å²) in [5.74, 6) is -0.213. The van der Waals surface area contributed by atoms with Crippen LogP contribution in [-0.4, -0.2) is 33.5 Å². The third-order valence-corrected chi connectivity index (χ3v) is 7.32. The van der Waals surface area contributed by atoms with E-state index < -0.39 is 12.0 Å². The van der Waals surface area contributed by atoms with E-state index in [9.17, 15) is 19.8 Å². The molecule has 0 radical (unpaired) electrons. The van der Waals surface area contributed by atoms with Crippen molar-refractivity contribution in [3.63, 3.8) is 0 Å². The van der Waals surface area contributed by atoms with Gasteiger partial charge < -0.3 is 19.7 Å². The lowest BCUT2D eigenvalue weighted by atomic mass is 9.95. The lowest BCUT2D eigenvalue weighted by molar-refractivity contribution is -0.139. The number of ether oxygens (including phenoxy) is 2. The maximum Gasteiger partial charge on any atom is 0.338 e. The summed E-state index contributed by atoms with van der Waals surface area (Å²) in [6, 6.07) is 9.29. The Balaban J connectivity index is 2.00. The van der Waals surface area contributed by atoms with Gasteiger partial charge in [0.05, 0.1) is 32.1 Å². The summed E-state index contributed by atoms with van der Waals surface area (Å²) in [4.78, 5) is 31.8. The predicted octanol–water partition coefficient (Wildman–Crippen LogP) is 3.60. The molecule has 0 saturated heterocycles. The van der Waals surface area contributed by atoms with Gasteiger partial charge in [0.2, 0.25) is 0 Å². The number of benzene rings is 2. The second kappa shape index (κ2) is 10.5. The van der Waals surface area contributed by atoms with Crippen molar-refractivity contribution in [2.75, 3.05) is 6.61 Å². The largest absolute Gasteiger partial charge is 0.507 e. The Morgan fingerprint density at radius 3 is 2.67 bits per heavy atom. The van der Waals surface area contributed by atoms with E-state index in [0.717, 1.165) is 11.3 Å². The molecule has 188 valence electrons. The number of esters is 1.